The lowest BCUT2D eigenvalue weighted by Crippen LogP contribution is -2.41. The van der Waals surface area contributed by atoms with E-state index in [1.54, 1.807) is 0 Å². The Bertz CT molecular complexity index is 89.5. The number of ether oxygens (including phenoxy) is 1. The molecule has 0 aliphatic rings. The molecule has 0 aromatic heterocycles. The summed E-state index contributed by atoms with van der Waals surface area (Å²) >= 11 is 0. The molecule has 2 N–H and O–H groups in total. The quantitative estimate of drug-likeness (QED) is 0.665. The molecule has 0 spiro atoms. The van der Waals surface area contributed by atoms with Crippen LogP contribution in [0.3, 0.4) is 0 Å². The third kappa shape index (κ3) is 3.21. The Labute approximate surface area is 70.1 Å². The first-order chi connectivity index (χ1) is 5.10. The fraction of sp³-hybridized carbons (Fsp3) is 1.00. The average molecular weight is 159 g/mol. The van der Waals surface area contributed by atoms with E-state index >= 15 is 0 Å². The molecule has 0 atom stereocenters. The highest BCUT2D eigenvalue weighted by Gasteiger charge is 2.25. The second kappa shape index (κ2) is 4.73. The van der Waals surface area contributed by atoms with Crippen LogP contribution in [0.25, 0.3) is 0 Å². The molecule has 0 aromatic rings. The summed E-state index contributed by atoms with van der Waals surface area (Å²) in [7, 11) is 0. The second-order valence-electron chi connectivity index (χ2n) is 3.26. The first kappa shape index (κ1) is 10.9. The van der Waals surface area contributed by atoms with Crippen molar-refractivity contribution in [2.75, 3.05) is 6.54 Å². The highest BCUT2D eigenvalue weighted by atomic mass is 16.5. The molecule has 0 bridgehead atoms. The van der Waals surface area contributed by atoms with Crippen LogP contribution >= 0.6 is 0 Å². The molecule has 0 fully saturated rings. The highest BCUT2D eigenvalue weighted by molar-refractivity contribution is 4.79. The Kier molecular flexibility index (Phi) is 4.69. The first-order valence-electron chi connectivity index (χ1n) is 4.48. The lowest BCUT2D eigenvalue weighted by Gasteiger charge is -2.32. The summed E-state index contributed by atoms with van der Waals surface area (Å²) in [6.45, 7) is 8.97. The molecule has 0 heterocycles. The summed E-state index contributed by atoms with van der Waals surface area (Å²) in [5, 5.41) is 0. The van der Waals surface area contributed by atoms with E-state index in [1.807, 2.05) is 0 Å². The van der Waals surface area contributed by atoms with E-state index in [-0.39, 0.29) is 11.7 Å². The molecule has 0 unspecified atom stereocenters. The van der Waals surface area contributed by atoms with Crippen LogP contribution in [-0.2, 0) is 4.74 Å². The van der Waals surface area contributed by atoms with E-state index in [1.165, 1.54) is 0 Å². The molecular weight excluding hydrogens is 138 g/mol. The van der Waals surface area contributed by atoms with Gasteiger partial charge in [-0.15, -0.1) is 0 Å². The molecule has 0 radical (unpaired) electrons. The normalized spacial score (nSPS) is 12.5. The SMILES string of the molecule is CCC(CC)(CN)OC(C)C. The van der Waals surface area contributed by atoms with Crippen molar-refractivity contribution in [1.82, 2.24) is 0 Å². The maximum absolute atomic E-state index is 5.76. The summed E-state index contributed by atoms with van der Waals surface area (Å²) in [6.07, 6.45) is 2.27. The van der Waals surface area contributed by atoms with Crippen LogP contribution in [0.15, 0.2) is 0 Å². The minimum absolute atomic E-state index is 0.0752. The Balaban J connectivity index is 4.05. The van der Waals surface area contributed by atoms with Crippen molar-refractivity contribution >= 4 is 0 Å². The fourth-order valence-electron chi connectivity index (χ4n) is 1.25. The topological polar surface area (TPSA) is 35.2 Å². The van der Waals surface area contributed by atoms with E-state index in [2.05, 4.69) is 27.7 Å². The van der Waals surface area contributed by atoms with Gasteiger partial charge >= 0.3 is 0 Å². The van der Waals surface area contributed by atoms with Crippen LogP contribution in [0.5, 0.6) is 0 Å². The summed E-state index contributed by atoms with van der Waals surface area (Å²) in [6, 6.07) is 0. The van der Waals surface area contributed by atoms with Crippen molar-refractivity contribution in [1.29, 1.82) is 0 Å². The zero-order valence-electron chi connectivity index (χ0n) is 8.18. The highest BCUT2D eigenvalue weighted by Crippen LogP contribution is 2.20. The third-order valence-electron chi connectivity index (χ3n) is 2.15. The van der Waals surface area contributed by atoms with Gasteiger partial charge in [-0.2, -0.15) is 0 Å². The standard InChI is InChI=1S/C9H21NO/c1-5-9(6-2,7-10)11-8(3)4/h8H,5-7,10H2,1-4H3. The Morgan fingerprint density at radius 3 is 1.82 bits per heavy atom. The van der Waals surface area contributed by atoms with Crippen LogP contribution in [0.4, 0.5) is 0 Å². The van der Waals surface area contributed by atoms with Gasteiger partial charge in [0, 0.05) is 6.54 Å². The molecule has 2 heteroatoms. The molecule has 0 aliphatic heterocycles. The van der Waals surface area contributed by atoms with Gasteiger partial charge in [-0.1, -0.05) is 13.8 Å². The van der Waals surface area contributed by atoms with Gasteiger partial charge in [0.15, 0.2) is 0 Å². The van der Waals surface area contributed by atoms with E-state index < -0.39 is 0 Å². The minimum atomic E-state index is -0.0752. The molecular formula is C9H21NO. The van der Waals surface area contributed by atoms with Crippen LogP contribution in [0, 0.1) is 0 Å². The van der Waals surface area contributed by atoms with Gasteiger partial charge in [0.05, 0.1) is 11.7 Å². The lowest BCUT2D eigenvalue weighted by atomic mass is 9.97. The fourth-order valence-corrected chi connectivity index (χ4v) is 1.25. The van der Waals surface area contributed by atoms with Crippen molar-refractivity contribution in [3.8, 4) is 0 Å². The predicted octanol–water partition coefficient (Wildman–Crippen LogP) is 1.93. The Morgan fingerprint density at radius 1 is 1.27 bits per heavy atom. The Hall–Kier alpha value is -0.0800. The summed E-state index contributed by atoms with van der Waals surface area (Å²) in [5.41, 5.74) is 5.58. The Morgan fingerprint density at radius 2 is 1.73 bits per heavy atom. The first-order valence-corrected chi connectivity index (χ1v) is 4.48. The van der Waals surface area contributed by atoms with E-state index in [0.717, 1.165) is 12.8 Å². The van der Waals surface area contributed by atoms with Gasteiger partial charge in [0.25, 0.3) is 0 Å². The zero-order chi connectivity index (χ0) is 8.91. The summed E-state index contributed by atoms with van der Waals surface area (Å²) in [4.78, 5) is 0. The van der Waals surface area contributed by atoms with E-state index in [0.29, 0.717) is 6.54 Å². The van der Waals surface area contributed by atoms with Crippen molar-refractivity contribution in [2.24, 2.45) is 5.73 Å². The maximum atomic E-state index is 5.76. The van der Waals surface area contributed by atoms with E-state index in [4.69, 9.17) is 10.5 Å². The number of rotatable bonds is 5. The molecule has 0 saturated carbocycles. The minimum Gasteiger partial charge on any atom is -0.371 e. The smallest absolute Gasteiger partial charge is 0.0802 e. The molecule has 68 valence electrons. The number of nitrogens with two attached hydrogens (primary N) is 1. The second-order valence-corrected chi connectivity index (χ2v) is 3.26. The molecule has 0 aromatic carbocycles. The molecule has 0 rings (SSSR count). The average Bonchev–Trinajstić information content (AvgIpc) is 2.00. The van der Waals surface area contributed by atoms with Gasteiger partial charge in [-0.25, -0.2) is 0 Å². The number of hydrogen-bond acceptors (Lipinski definition) is 2. The monoisotopic (exact) mass is 159 g/mol. The van der Waals surface area contributed by atoms with Crippen LogP contribution in [0.2, 0.25) is 0 Å². The summed E-state index contributed by atoms with van der Waals surface area (Å²) in [5.74, 6) is 0. The van der Waals surface area contributed by atoms with Crippen molar-refractivity contribution in [3.05, 3.63) is 0 Å². The molecule has 0 aliphatic carbocycles. The van der Waals surface area contributed by atoms with Gasteiger partial charge in [-0.3, -0.25) is 0 Å². The maximum Gasteiger partial charge on any atom is 0.0802 e. The molecule has 0 saturated heterocycles. The number of hydrogen-bond donors (Lipinski definition) is 1. The van der Waals surface area contributed by atoms with Crippen molar-refractivity contribution < 1.29 is 4.74 Å². The van der Waals surface area contributed by atoms with Crippen molar-refractivity contribution in [3.63, 3.8) is 0 Å². The lowest BCUT2D eigenvalue weighted by molar-refractivity contribution is -0.0785. The van der Waals surface area contributed by atoms with E-state index in [9.17, 15) is 0 Å². The van der Waals surface area contributed by atoms with Gasteiger partial charge in [0.2, 0.25) is 0 Å². The summed E-state index contributed by atoms with van der Waals surface area (Å²) < 4.78 is 5.76. The van der Waals surface area contributed by atoms with Gasteiger partial charge < -0.3 is 10.5 Å². The van der Waals surface area contributed by atoms with Crippen LogP contribution in [0.1, 0.15) is 40.5 Å². The van der Waals surface area contributed by atoms with Crippen molar-refractivity contribution in [2.45, 2.75) is 52.2 Å². The third-order valence-corrected chi connectivity index (χ3v) is 2.15. The molecule has 2 nitrogen and oxygen atoms in total. The predicted molar refractivity (Wildman–Crippen MR) is 48.6 cm³/mol. The van der Waals surface area contributed by atoms with Gasteiger partial charge in [0.1, 0.15) is 0 Å². The zero-order valence-corrected chi connectivity index (χ0v) is 8.18. The van der Waals surface area contributed by atoms with Crippen LogP contribution in [-0.4, -0.2) is 18.2 Å². The largest absolute Gasteiger partial charge is 0.371 e. The molecule has 11 heavy (non-hydrogen) atoms. The molecule has 0 amide bonds. The van der Waals surface area contributed by atoms with Gasteiger partial charge in [-0.05, 0) is 26.7 Å². The van der Waals surface area contributed by atoms with Crippen LogP contribution < -0.4 is 5.73 Å².